The predicted octanol–water partition coefficient (Wildman–Crippen LogP) is 2.20. The third-order valence-electron chi connectivity index (χ3n) is 4.31. The standard InChI is InChI=1S/C18H29N3O2.ClH/c1-3-11-21(16-7-9-19-10-8-16)14-18(22)20-13-15-5-4-6-17(12-15)23-2;/h4-6,12,16,19H,3,7-11,13-14H2,1-2H3,(H,20,22);1H. The van der Waals surface area contributed by atoms with Gasteiger partial charge in [0.1, 0.15) is 5.75 Å². The Bertz CT molecular complexity index is 493. The number of carbonyl (C=O) groups is 1. The highest BCUT2D eigenvalue weighted by Gasteiger charge is 2.22. The summed E-state index contributed by atoms with van der Waals surface area (Å²) in [5.41, 5.74) is 1.06. The lowest BCUT2D eigenvalue weighted by Crippen LogP contribution is -2.47. The van der Waals surface area contributed by atoms with Crippen molar-refractivity contribution in [3.8, 4) is 5.75 Å². The van der Waals surface area contributed by atoms with Crippen LogP contribution in [0, 0.1) is 0 Å². The van der Waals surface area contributed by atoms with Gasteiger partial charge in [0, 0.05) is 12.6 Å². The van der Waals surface area contributed by atoms with E-state index in [2.05, 4.69) is 22.5 Å². The fourth-order valence-electron chi connectivity index (χ4n) is 3.07. The number of amides is 1. The van der Waals surface area contributed by atoms with Gasteiger partial charge >= 0.3 is 0 Å². The van der Waals surface area contributed by atoms with Gasteiger partial charge in [-0.2, -0.15) is 0 Å². The van der Waals surface area contributed by atoms with Gasteiger partial charge in [0.05, 0.1) is 13.7 Å². The largest absolute Gasteiger partial charge is 0.497 e. The number of rotatable bonds is 8. The summed E-state index contributed by atoms with van der Waals surface area (Å²) in [6.45, 7) is 6.29. The molecular formula is C18H30ClN3O2. The number of nitrogens with one attached hydrogen (secondary N) is 2. The second kappa shape index (κ2) is 11.3. The molecule has 2 N–H and O–H groups in total. The first-order valence-corrected chi connectivity index (χ1v) is 8.57. The lowest BCUT2D eigenvalue weighted by molar-refractivity contribution is -0.123. The molecule has 5 nitrogen and oxygen atoms in total. The van der Waals surface area contributed by atoms with Gasteiger partial charge in [-0.05, 0) is 56.6 Å². The smallest absolute Gasteiger partial charge is 0.234 e. The first-order chi connectivity index (χ1) is 11.2. The first-order valence-electron chi connectivity index (χ1n) is 8.57. The lowest BCUT2D eigenvalue weighted by Gasteiger charge is -2.34. The summed E-state index contributed by atoms with van der Waals surface area (Å²) in [4.78, 5) is 14.6. The molecule has 6 heteroatoms. The van der Waals surface area contributed by atoms with Gasteiger partial charge in [-0.25, -0.2) is 0 Å². The quantitative estimate of drug-likeness (QED) is 0.750. The van der Waals surface area contributed by atoms with Crippen LogP contribution in [-0.2, 0) is 11.3 Å². The van der Waals surface area contributed by atoms with Crippen LogP contribution < -0.4 is 15.4 Å². The van der Waals surface area contributed by atoms with Gasteiger partial charge in [0.25, 0.3) is 0 Å². The Hall–Kier alpha value is -1.30. The molecule has 1 aliphatic rings. The van der Waals surface area contributed by atoms with Crippen LogP contribution in [0.1, 0.15) is 31.7 Å². The normalized spacial score (nSPS) is 15.0. The maximum Gasteiger partial charge on any atom is 0.234 e. The van der Waals surface area contributed by atoms with Crippen molar-refractivity contribution in [1.29, 1.82) is 0 Å². The summed E-state index contributed by atoms with van der Waals surface area (Å²) >= 11 is 0. The number of hydrogen-bond acceptors (Lipinski definition) is 4. The van der Waals surface area contributed by atoms with Crippen molar-refractivity contribution in [3.05, 3.63) is 29.8 Å². The highest BCUT2D eigenvalue weighted by Crippen LogP contribution is 2.13. The Labute approximate surface area is 151 Å². The van der Waals surface area contributed by atoms with E-state index < -0.39 is 0 Å². The maximum absolute atomic E-state index is 12.3. The second-order valence-corrected chi connectivity index (χ2v) is 6.08. The highest BCUT2D eigenvalue weighted by atomic mass is 35.5. The minimum atomic E-state index is 0. The molecule has 1 saturated heterocycles. The van der Waals surface area contributed by atoms with Crippen molar-refractivity contribution < 1.29 is 9.53 Å². The van der Waals surface area contributed by atoms with Gasteiger partial charge in [-0.3, -0.25) is 9.69 Å². The number of ether oxygens (including phenoxy) is 1. The Morgan fingerprint density at radius 3 is 2.79 bits per heavy atom. The van der Waals surface area contributed by atoms with Crippen molar-refractivity contribution >= 4 is 18.3 Å². The molecule has 136 valence electrons. The zero-order valence-electron chi connectivity index (χ0n) is 14.7. The van der Waals surface area contributed by atoms with Crippen LogP contribution in [0.15, 0.2) is 24.3 Å². The molecule has 1 heterocycles. The van der Waals surface area contributed by atoms with E-state index in [1.807, 2.05) is 24.3 Å². The number of piperidine rings is 1. The Morgan fingerprint density at radius 1 is 1.38 bits per heavy atom. The molecule has 0 atom stereocenters. The van der Waals surface area contributed by atoms with Crippen LogP contribution in [0.2, 0.25) is 0 Å². The summed E-state index contributed by atoms with van der Waals surface area (Å²) in [5.74, 6) is 0.916. The molecule has 1 aromatic rings. The average molecular weight is 356 g/mol. The SMILES string of the molecule is CCCN(CC(=O)NCc1cccc(OC)c1)C1CCNCC1.Cl. The summed E-state index contributed by atoms with van der Waals surface area (Å²) in [6.07, 6.45) is 3.33. The van der Waals surface area contributed by atoms with E-state index in [0.29, 0.717) is 19.1 Å². The van der Waals surface area contributed by atoms with Crippen molar-refractivity contribution in [3.63, 3.8) is 0 Å². The number of hydrogen-bond donors (Lipinski definition) is 2. The van der Waals surface area contributed by atoms with E-state index in [9.17, 15) is 4.79 Å². The molecule has 1 fully saturated rings. The lowest BCUT2D eigenvalue weighted by atomic mass is 10.0. The van der Waals surface area contributed by atoms with Crippen molar-refractivity contribution in [2.75, 3.05) is 33.3 Å². The molecule has 0 spiro atoms. The molecule has 24 heavy (non-hydrogen) atoms. The Kier molecular flexibility index (Phi) is 9.76. The molecule has 0 aliphatic carbocycles. The molecule has 0 aromatic heterocycles. The minimum Gasteiger partial charge on any atom is -0.497 e. The number of nitrogens with zero attached hydrogens (tertiary/aromatic N) is 1. The Balaban J connectivity index is 0.00000288. The zero-order chi connectivity index (χ0) is 16.5. The van der Waals surface area contributed by atoms with E-state index in [1.165, 1.54) is 0 Å². The summed E-state index contributed by atoms with van der Waals surface area (Å²) in [7, 11) is 1.65. The molecule has 1 aromatic carbocycles. The summed E-state index contributed by atoms with van der Waals surface area (Å²) < 4.78 is 5.21. The van der Waals surface area contributed by atoms with Crippen LogP contribution >= 0.6 is 12.4 Å². The van der Waals surface area contributed by atoms with E-state index in [1.54, 1.807) is 7.11 Å². The van der Waals surface area contributed by atoms with Crippen LogP contribution in [0.25, 0.3) is 0 Å². The van der Waals surface area contributed by atoms with E-state index in [0.717, 1.165) is 50.2 Å². The van der Waals surface area contributed by atoms with Gasteiger partial charge in [0.2, 0.25) is 5.91 Å². The molecule has 0 unspecified atom stereocenters. The fourth-order valence-corrected chi connectivity index (χ4v) is 3.07. The fraction of sp³-hybridized carbons (Fsp3) is 0.611. The molecule has 0 bridgehead atoms. The van der Waals surface area contributed by atoms with Gasteiger partial charge < -0.3 is 15.4 Å². The number of halogens is 1. The highest BCUT2D eigenvalue weighted by molar-refractivity contribution is 5.85. The molecule has 0 radical (unpaired) electrons. The van der Waals surface area contributed by atoms with E-state index in [-0.39, 0.29) is 18.3 Å². The average Bonchev–Trinajstić information content (AvgIpc) is 2.60. The van der Waals surface area contributed by atoms with E-state index in [4.69, 9.17) is 4.74 Å². The topological polar surface area (TPSA) is 53.6 Å². The maximum atomic E-state index is 12.3. The second-order valence-electron chi connectivity index (χ2n) is 6.08. The van der Waals surface area contributed by atoms with E-state index >= 15 is 0 Å². The number of carbonyl (C=O) groups excluding carboxylic acids is 1. The van der Waals surface area contributed by atoms with Crippen LogP contribution in [-0.4, -0.2) is 50.1 Å². The number of benzene rings is 1. The van der Waals surface area contributed by atoms with Crippen molar-refractivity contribution in [2.45, 2.75) is 38.8 Å². The Morgan fingerprint density at radius 2 is 2.12 bits per heavy atom. The van der Waals surface area contributed by atoms with Gasteiger partial charge in [0.15, 0.2) is 0 Å². The van der Waals surface area contributed by atoms with Gasteiger partial charge in [-0.1, -0.05) is 19.1 Å². The van der Waals surface area contributed by atoms with Crippen molar-refractivity contribution in [1.82, 2.24) is 15.5 Å². The van der Waals surface area contributed by atoms with Crippen LogP contribution in [0.3, 0.4) is 0 Å². The third kappa shape index (κ3) is 6.67. The predicted molar refractivity (Wildman–Crippen MR) is 99.8 cm³/mol. The molecule has 0 saturated carbocycles. The van der Waals surface area contributed by atoms with Crippen LogP contribution in [0.4, 0.5) is 0 Å². The number of methoxy groups -OCH3 is 1. The monoisotopic (exact) mass is 355 g/mol. The summed E-state index contributed by atoms with van der Waals surface area (Å²) in [5, 5.41) is 6.41. The minimum absolute atomic E-state index is 0. The molecule has 2 rings (SSSR count). The van der Waals surface area contributed by atoms with Gasteiger partial charge in [-0.15, -0.1) is 12.4 Å². The molecular weight excluding hydrogens is 326 g/mol. The zero-order valence-corrected chi connectivity index (χ0v) is 15.5. The molecule has 1 aliphatic heterocycles. The molecule has 1 amide bonds. The summed E-state index contributed by atoms with van der Waals surface area (Å²) in [6, 6.07) is 8.33. The first kappa shape index (κ1) is 20.7. The van der Waals surface area contributed by atoms with Crippen LogP contribution in [0.5, 0.6) is 5.75 Å². The van der Waals surface area contributed by atoms with Crippen molar-refractivity contribution in [2.24, 2.45) is 0 Å². The third-order valence-corrected chi connectivity index (χ3v) is 4.31.